The molecule has 5 heteroatoms. The van der Waals surface area contributed by atoms with E-state index in [1.807, 2.05) is 26.0 Å². The van der Waals surface area contributed by atoms with Crippen molar-refractivity contribution in [1.82, 2.24) is 4.90 Å². The van der Waals surface area contributed by atoms with E-state index in [4.69, 9.17) is 14.2 Å². The molecule has 0 saturated carbocycles. The number of nitrogens with zero attached hydrogens (tertiary/aromatic N) is 1. The van der Waals surface area contributed by atoms with Crippen molar-refractivity contribution < 1.29 is 19.0 Å². The number of likely N-dealkylation sites (tertiary alicyclic amines) is 1. The Hall–Kier alpha value is -1.75. The summed E-state index contributed by atoms with van der Waals surface area (Å²) in [4.78, 5) is 14.4. The molecule has 0 spiro atoms. The van der Waals surface area contributed by atoms with Gasteiger partial charge in [0.1, 0.15) is 17.5 Å². The van der Waals surface area contributed by atoms with Gasteiger partial charge >= 0.3 is 5.97 Å². The molecule has 0 radical (unpaired) electrons. The first kappa shape index (κ1) is 17.6. The van der Waals surface area contributed by atoms with Crippen LogP contribution in [-0.2, 0) is 16.1 Å². The van der Waals surface area contributed by atoms with Gasteiger partial charge in [-0.1, -0.05) is 12.5 Å². The molecule has 0 amide bonds. The minimum atomic E-state index is -0.157. The van der Waals surface area contributed by atoms with Gasteiger partial charge in [-0.2, -0.15) is 0 Å². The number of rotatable bonds is 6. The molecule has 1 aromatic carbocycles. The molecule has 1 atom stereocenters. The Balaban J connectivity index is 2.22. The molecule has 1 heterocycles. The largest absolute Gasteiger partial charge is 0.496 e. The number of ether oxygens (including phenoxy) is 3. The second-order valence-electron chi connectivity index (χ2n) is 5.82. The lowest BCUT2D eigenvalue weighted by atomic mass is 10.00. The van der Waals surface area contributed by atoms with Crippen molar-refractivity contribution in [3.05, 3.63) is 23.3 Å². The van der Waals surface area contributed by atoms with Crippen molar-refractivity contribution in [3.8, 4) is 11.5 Å². The summed E-state index contributed by atoms with van der Waals surface area (Å²) in [6.07, 6.45) is 3.03. The number of benzene rings is 1. The van der Waals surface area contributed by atoms with Crippen LogP contribution in [0.3, 0.4) is 0 Å². The van der Waals surface area contributed by atoms with Gasteiger partial charge in [-0.15, -0.1) is 0 Å². The van der Waals surface area contributed by atoms with Crippen LogP contribution in [0, 0.1) is 6.92 Å². The molecule has 1 aliphatic rings. The Morgan fingerprint density at radius 1 is 1.26 bits per heavy atom. The summed E-state index contributed by atoms with van der Waals surface area (Å²) in [5, 5.41) is 0. The van der Waals surface area contributed by atoms with Crippen molar-refractivity contribution >= 4 is 5.97 Å². The van der Waals surface area contributed by atoms with Gasteiger partial charge < -0.3 is 14.2 Å². The Morgan fingerprint density at radius 2 is 2.04 bits per heavy atom. The molecular weight excluding hydrogens is 294 g/mol. The highest BCUT2D eigenvalue weighted by Gasteiger charge is 2.30. The van der Waals surface area contributed by atoms with Crippen LogP contribution in [0.2, 0.25) is 0 Å². The minimum Gasteiger partial charge on any atom is -0.496 e. The lowest BCUT2D eigenvalue weighted by molar-refractivity contribution is -0.151. The highest BCUT2D eigenvalue weighted by molar-refractivity contribution is 5.75. The third-order valence-corrected chi connectivity index (χ3v) is 4.41. The molecule has 5 nitrogen and oxygen atoms in total. The van der Waals surface area contributed by atoms with Crippen LogP contribution >= 0.6 is 0 Å². The first-order valence-electron chi connectivity index (χ1n) is 8.23. The van der Waals surface area contributed by atoms with Gasteiger partial charge in [-0.05, 0) is 39.3 Å². The predicted molar refractivity (Wildman–Crippen MR) is 89.0 cm³/mol. The van der Waals surface area contributed by atoms with E-state index in [0.29, 0.717) is 13.2 Å². The average Bonchev–Trinajstić information content (AvgIpc) is 2.56. The summed E-state index contributed by atoms with van der Waals surface area (Å²) in [5.41, 5.74) is 2.05. The van der Waals surface area contributed by atoms with Crippen LogP contribution in [0.5, 0.6) is 11.5 Å². The van der Waals surface area contributed by atoms with Crippen LogP contribution in [0.1, 0.15) is 37.3 Å². The van der Waals surface area contributed by atoms with E-state index in [2.05, 4.69) is 4.90 Å². The van der Waals surface area contributed by atoms with Crippen LogP contribution in [-0.4, -0.2) is 44.3 Å². The van der Waals surface area contributed by atoms with Gasteiger partial charge in [0.15, 0.2) is 0 Å². The van der Waals surface area contributed by atoms with E-state index >= 15 is 0 Å². The molecule has 23 heavy (non-hydrogen) atoms. The average molecular weight is 321 g/mol. The van der Waals surface area contributed by atoms with Crippen molar-refractivity contribution in [3.63, 3.8) is 0 Å². The summed E-state index contributed by atoms with van der Waals surface area (Å²) in [7, 11) is 3.33. The molecule has 128 valence electrons. The number of piperidine rings is 1. The second-order valence-corrected chi connectivity index (χ2v) is 5.82. The molecule has 1 fully saturated rings. The zero-order valence-corrected chi connectivity index (χ0v) is 14.6. The van der Waals surface area contributed by atoms with Gasteiger partial charge in [0.25, 0.3) is 0 Å². The standard InChI is InChI=1S/C18H27NO4/c1-5-23-18(20)15-8-6-7-11-19(15)12-14-9-10-16(21-3)13(2)17(14)22-4/h9-10,15H,5-8,11-12H2,1-4H3. The fraction of sp³-hybridized carbons (Fsp3) is 0.611. The topological polar surface area (TPSA) is 48.0 Å². The van der Waals surface area contributed by atoms with Gasteiger partial charge in [-0.3, -0.25) is 9.69 Å². The normalized spacial score (nSPS) is 18.5. The smallest absolute Gasteiger partial charge is 0.323 e. The van der Waals surface area contributed by atoms with E-state index in [-0.39, 0.29) is 12.0 Å². The number of carbonyl (C=O) groups is 1. The number of esters is 1. The van der Waals surface area contributed by atoms with Crippen LogP contribution in [0.4, 0.5) is 0 Å². The summed E-state index contributed by atoms with van der Waals surface area (Å²) >= 11 is 0. The first-order chi connectivity index (χ1) is 11.1. The fourth-order valence-electron chi connectivity index (χ4n) is 3.26. The quantitative estimate of drug-likeness (QED) is 0.754. The van der Waals surface area contributed by atoms with Crippen molar-refractivity contribution in [2.24, 2.45) is 0 Å². The number of methoxy groups -OCH3 is 2. The number of hydrogen-bond acceptors (Lipinski definition) is 5. The highest BCUT2D eigenvalue weighted by Crippen LogP contribution is 2.33. The summed E-state index contributed by atoms with van der Waals surface area (Å²) in [6.45, 7) is 5.84. The minimum absolute atomic E-state index is 0.114. The van der Waals surface area contributed by atoms with Crippen LogP contribution in [0.15, 0.2) is 12.1 Å². The Morgan fingerprint density at radius 3 is 2.70 bits per heavy atom. The van der Waals surface area contributed by atoms with E-state index in [9.17, 15) is 4.79 Å². The van der Waals surface area contributed by atoms with Gasteiger partial charge in [0.2, 0.25) is 0 Å². The Bertz CT molecular complexity index is 544. The molecular formula is C18H27NO4. The third-order valence-electron chi connectivity index (χ3n) is 4.41. The van der Waals surface area contributed by atoms with Crippen molar-refractivity contribution in [2.75, 3.05) is 27.4 Å². The second kappa shape index (κ2) is 8.20. The molecule has 1 unspecified atom stereocenters. The van der Waals surface area contributed by atoms with Gasteiger partial charge in [-0.25, -0.2) is 0 Å². The summed E-state index contributed by atoms with van der Waals surface area (Å²) in [6, 6.07) is 3.81. The van der Waals surface area contributed by atoms with Crippen LogP contribution in [0.25, 0.3) is 0 Å². The molecule has 1 saturated heterocycles. The van der Waals surface area contributed by atoms with E-state index < -0.39 is 0 Å². The van der Waals surface area contributed by atoms with Crippen LogP contribution < -0.4 is 9.47 Å². The molecule has 0 aromatic heterocycles. The molecule has 0 N–H and O–H groups in total. The highest BCUT2D eigenvalue weighted by atomic mass is 16.5. The number of carbonyl (C=O) groups excluding carboxylic acids is 1. The van der Waals surface area contributed by atoms with Crippen molar-refractivity contribution in [1.29, 1.82) is 0 Å². The maximum Gasteiger partial charge on any atom is 0.323 e. The SMILES string of the molecule is CCOC(=O)C1CCCCN1Cc1ccc(OC)c(C)c1OC. The molecule has 0 aliphatic carbocycles. The molecule has 2 rings (SSSR count). The number of hydrogen-bond donors (Lipinski definition) is 0. The monoisotopic (exact) mass is 321 g/mol. The van der Waals surface area contributed by atoms with Gasteiger partial charge in [0.05, 0.1) is 20.8 Å². The van der Waals surface area contributed by atoms with Gasteiger partial charge in [0, 0.05) is 17.7 Å². The summed E-state index contributed by atoms with van der Waals surface area (Å²) in [5.74, 6) is 1.53. The molecule has 0 bridgehead atoms. The maximum atomic E-state index is 12.2. The van der Waals surface area contributed by atoms with E-state index in [1.165, 1.54) is 0 Å². The Labute approximate surface area is 138 Å². The predicted octanol–water partition coefficient (Wildman–Crippen LogP) is 2.93. The zero-order valence-electron chi connectivity index (χ0n) is 14.6. The van der Waals surface area contributed by atoms with E-state index in [1.54, 1.807) is 14.2 Å². The lowest BCUT2D eigenvalue weighted by Crippen LogP contribution is -2.45. The first-order valence-corrected chi connectivity index (χ1v) is 8.23. The molecule has 1 aromatic rings. The van der Waals surface area contributed by atoms with Crippen molar-refractivity contribution in [2.45, 2.75) is 45.7 Å². The zero-order chi connectivity index (χ0) is 16.8. The maximum absolute atomic E-state index is 12.2. The third kappa shape index (κ3) is 3.96. The summed E-state index contributed by atoms with van der Waals surface area (Å²) < 4.78 is 16.2. The lowest BCUT2D eigenvalue weighted by Gasteiger charge is -2.34. The molecule has 1 aliphatic heterocycles. The fourth-order valence-corrected chi connectivity index (χ4v) is 3.26. The van der Waals surface area contributed by atoms with E-state index in [0.717, 1.165) is 48.4 Å². The Kier molecular flexibility index (Phi) is 6.28.